The van der Waals surface area contributed by atoms with Crippen LogP contribution in [0.25, 0.3) is 0 Å². The molecule has 0 bridgehead atoms. The highest BCUT2D eigenvalue weighted by atomic mass is 32.2. The molecular weight excluding hydrogens is 188 g/mol. The second-order valence-electron chi connectivity index (χ2n) is 3.02. The Morgan fingerprint density at radius 1 is 1.62 bits per heavy atom. The summed E-state index contributed by atoms with van der Waals surface area (Å²) in [5.74, 6) is 0.201. The average Bonchev–Trinajstić information content (AvgIpc) is 1.95. The average molecular weight is 200 g/mol. The third-order valence-corrected chi connectivity index (χ3v) is 3.85. The summed E-state index contributed by atoms with van der Waals surface area (Å²) in [5, 5.41) is 8.30. The molecule has 72 valence electrons. The first-order valence-electron chi connectivity index (χ1n) is 4.15. The van der Waals surface area contributed by atoms with Crippen LogP contribution < -0.4 is 0 Å². The minimum Gasteiger partial charge on any atom is -0.212 e. The minimum atomic E-state index is -3.04. The topological polar surface area (TPSA) is 61.2 Å². The van der Waals surface area contributed by atoms with E-state index in [0.29, 0.717) is 19.5 Å². The van der Waals surface area contributed by atoms with Crippen molar-refractivity contribution in [3.8, 4) is 6.07 Å². The molecule has 1 saturated heterocycles. The number of hydrogen-bond donors (Lipinski definition) is 0. The lowest BCUT2D eigenvalue weighted by Gasteiger charge is -2.32. The van der Waals surface area contributed by atoms with Crippen molar-refractivity contribution >= 4 is 10.0 Å². The first-order chi connectivity index (χ1) is 6.10. The third kappa shape index (κ3) is 2.29. The lowest BCUT2D eigenvalue weighted by Crippen LogP contribution is -2.45. The highest BCUT2D eigenvalue weighted by Gasteiger charge is 2.30. The third-order valence-electron chi connectivity index (χ3n) is 1.88. The van der Waals surface area contributed by atoms with Crippen LogP contribution in [0.1, 0.15) is 13.3 Å². The molecule has 1 aliphatic heterocycles. The molecule has 1 aliphatic rings. The monoisotopic (exact) mass is 200 g/mol. The molecule has 13 heavy (non-hydrogen) atoms. The fourth-order valence-corrected chi connectivity index (χ4v) is 2.67. The van der Waals surface area contributed by atoms with E-state index < -0.39 is 10.0 Å². The van der Waals surface area contributed by atoms with Gasteiger partial charge in [-0.2, -0.15) is 9.57 Å². The van der Waals surface area contributed by atoms with Crippen molar-refractivity contribution in [3.63, 3.8) is 0 Å². The summed E-state index contributed by atoms with van der Waals surface area (Å²) in [7, 11) is -3.04. The van der Waals surface area contributed by atoms with Gasteiger partial charge in [0.15, 0.2) is 0 Å². The van der Waals surface area contributed by atoms with Crippen LogP contribution in [0.3, 0.4) is 0 Å². The Kier molecular flexibility index (Phi) is 3.07. The minimum absolute atomic E-state index is 0.201. The van der Waals surface area contributed by atoms with Gasteiger partial charge in [0.05, 0.1) is 11.8 Å². The van der Waals surface area contributed by atoms with E-state index in [1.807, 2.05) is 13.0 Å². The van der Waals surface area contributed by atoms with Crippen molar-refractivity contribution in [2.45, 2.75) is 13.3 Å². The van der Waals surface area contributed by atoms with Gasteiger partial charge in [0.2, 0.25) is 10.0 Å². The quantitative estimate of drug-likeness (QED) is 0.623. The zero-order valence-corrected chi connectivity index (χ0v) is 8.34. The summed E-state index contributed by atoms with van der Waals surface area (Å²) < 4.78 is 24.2. The molecule has 0 amide bonds. The predicted molar refractivity (Wildman–Crippen MR) is 49.3 cm³/mol. The van der Waals surface area contributed by atoms with E-state index in [-0.39, 0.29) is 5.75 Å². The number of sulfonamides is 1. The van der Waals surface area contributed by atoms with Crippen LogP contribution >= 0.6 is 0 Å². The van der Waals surface area contributed by atoms with E-state index in [1.165, 1.54) is 10.4 Å². The summed E-state index contributed by atoms with van der Waals surface area (Å²) in [4.78, 5) is 0. The van der Waals surface area contributed by atoms with Crippen molar-refractivity contribution in [2.24, 2.45) is 0 Å². The van der Waals surface area contributed by atoms with Gasteiger partial charge in [-0.05, 0) is 12.0 Å². The van der Waals surface area contributed by atoms with E-state index in [1.54, 1.807) is 0 Å². The first-order valence-corrected chi connectivity index (χ1v) is 5.76. The summed E-state index contributed by atoms with van der Waals surface area (Å²) in [6, 6.07) is 1.89. The van der Waals surface area contributed by atoms with Crippen LogP contribution in [0, 0.1) is 11.3 Å². The number of rotatable bonds is 3. The molecule has 5 heteroatoms. The van der Waals surface area contributed by atoms with Gasteiger partial charge >= 0.3 is 0 Å². The van der Waals surface area contributed by atoms with E-state index in [0.717, 1.165) is 5.57 Å². The molecule has 0 saturated carbocycles. The zero-order valence-electron chi connectivity index (χ0n) is 7.52. The van der Waals surface area contributed by atoms with Gasteiger partial charge in [-0.3, -0.25) is 0 Å². The Balaban J connectivity index is 2.53. The molecule has 0 aliphatic carbocycles. The number of nitrogens with zero attached hydrogens (tertiary/aromatic N) is 2. The Morgan fingerprint density at radius 2 is 2.23 bits per heavy atom. The van der Waals surface area contributed by atoms with Gasteiger partial charge in [0.1, 0.15) is 0 Å². The van der Waals surface area contributed by atoms with Crippen molar-refractivity contribution in [3.05, 3.63) is 11.6 Å². The summed E-state index contributed by atoms with van der Waals surface area (Å²) in [5.41, 5.74) is 0.891. The van der Waals surface area contributed by atoms with Crippen molar-refractivity contribution in [2.75, 3.05) is 18.8 Å². The maximum absolute atomic E-state index is 11.4. The SMILES string of the molecule is CCCS(=O)(=O)N1CC(=CC#N)C1. The molecule has 0 N–H and O–H groups in total. The lowest BCUT2D eigenvalue weighted by atomic mass is 10.1. The van der Waals surface area contributed by atoms with Gasteiger partial charge in [-0.1, -0.05) is 6.92 Å². The maximum atomic E-state index is 11.4. The summed E-state index contributed by atoms with van der Waals surface area (Å²) >= 11 is 0. The molecule has 0 atom stereocenters. The van der Waals surface area contributed by atoms with Crippen molar-refractivity contribution in [1.82, 2.24) is 4.31 Å². The van der Waals surface area contributed by atoms with E-state index >= 15 is 0 Å². The standard InChI is InChI=1S/C8H12N2O2S/c1-2-5-13(11,12)10-6-8(7-10)3-4-9/h3H,2,5-7H2,1H3. The fourth-order valence-electron chi connectivity index (χ4n) is 1.17. The van der Waals surface area contributed by atoms with Crippen LogP contribution in [-0.4, -0.2) is 31.6 Å². The molecule has 0 radical (unpaired) electrons. The van der Waals surface area contributed by atoms with Gasteiger partial charge < -0.3 is 0 Å². The Morgan fingerprint density at radius 3 is 2.69 bits per heavy atom. The fraction of sp³-hybridized carbons (Fsp3) is 0.625. The smallest absolute Gasteiger partial charge is 0.212 e. The van der Waals surface area contributed by atoms with Gasteiger partial charge in [0.25, 0.3) is 0 Å². The largest absolute Gasteiger partial charge is 0.214 e. The van der Waals surface area contributed by atoms with Crippen molar-refractivity contribution in [1.29, 1.82) is 5.26 Å². The van der Waals surface area contributed by atoms with E-state index in [2.05, 4.69) is 0 Å². The molecule has 0 spiro atoms. The molecule has 1 rings (SSSR count). The number of hydrogen-bond acceptors (Lipinski definition) is 3. The molecule has 4 nitrogen and oxygen atoms in total. The van der Waals surface area contributed by atoms with Gasteiger partial charge in [0, 0.05) is 19.2 Å². The molecule has 0 unspecified atom stereocenters. The maximum Gasteiger partial charge on any atom is 0.214 e. The Bertz CT molecular complexity index is 343. The second-order valence-corrected chi connectivity index (χ2v) is 5.10. The lowest BCUT2D eigenvalue weighted by molar-refractivity contribution is 0.391. The van der Waals surface area contributed by atoms with Crippen LogP contribution in [-0.2, 0) is 10.0 Å². The first kappa shape index (κ1) is 10.2. The number of allylic oxidation sites excluding steroid dienone is 1. The van der Waals surface area contributed by atoms with Crippen LogP contribution in [0.5, 0.6) is 0 Å². The van der Waals surface area contributed by atoms with Crippen LogP contribution in [0.2, 0.25) is 0 Å². The molecular formula is C8H12N2O2S. The van der Waals surface area contributed by atoms with E-state index in [9.17, 15) is 8.42 Å². The molecule has 0 aromatic heterocycles. The molecule has 1 heterocycles. The van der Waals surface area contributed by atoms with Crippen LogP contribution in [0.15, 0.2) is 11.6 Å². The highest BCUT2D eigenvalue weighted by molar-refractivity contribution is 7.89. The van der Waals surface area contributed by atoms with Crippen molar-refractivity contribution < 1.29 is 8.42 Å². The normalized spacial score (nSPS) is 17.7. The van der Waals surface area contributed by atoms with Gasteiger partial charge in [-0.15, -0.1) is 0 Å². The van der Waals surface area contributed by atoms with Crippen LogP contribution in [0.4, 0.5) is 0 Å². The number of nitriles is 1. The molecule has 0 aromatic carbocycles. The zero-order chi connectivity index (χ0) is 9.90. The predicted octanol–water partition coefficient (Wildman–Crippen LogP) is 0.492. The van der Waals surface area contributed by atoms with E-state index in [4.69, 9.17) is 5.26 Å². The Labute approximate surface area is 78.5 Å². The second kappa shape index (κ2) is 3.90. The molecule has 1 fully saturated rings. The van der Waals surface area contributed by atoms with Gasteiger partial charge in [-0.25, -0.2) is 8.42 Å². The Hall–Kier alpha value is -0.860. The molecule has 0 aromatic rings. The summed E-state index contributed by atoms with van der Waals surface area (Å²) in [6.07, 6.45) is 2.05. The summed E-state index contributed by atoms with van der Waals surface area (Å²) in [6.45, 7) is 2.63. The highest BCUT2D eigenvalue weighted by Crippen LogP contribution is 2.18.